The number of hydrogen-bond donors (Lipinski definition) is 0. The van der Waals surface area contributed by atoms with Gasteiger partial charge < -0.3 is 9.64 Å². The zero-order valence-corrected chi connectivity index (χ0v) is 12.5. The van der Waals surface area contributed by atoms with Gasteiger partial charge in [0, 0.05) is 25.8 Å². The maximum Gasteiger partial charge on any atom is 0.253 e. The van der Waals surface area contributed by atoms with Gasteiger partial charge >= 0.3 is 0 Å². The highest BCUT2D eigenvalue weighted by atomic mass is 32.2. The van der Waals surface area contributed by atoms with Crippen molar-refractivity contribution < 1.29 is 17.9 Å². The van der Waals surface area contributed by atoms with E-state index in [4.69, 9.17) is 4.74 Å². The van der Waals surface area contributed by atoms with Gasteiger partial charge in [0.2, 0.25) is 0 Å². The summed E-state index contributed by atoms with van der Waals surface area (Å²) < 4.78 is 28.0. The average molecular weight is 297 g/mol. The van der Waals surface area contributed by atoms with Crippen LogP contribution in [0.1, 0.15) is 22.3 Å². The van der Waals surface area contributed by atoms with E-state index in [0.717, 1.165) is 5.56 Å². The van der Waals surface area contributed by atoms with Crippen molar-refractivity contribution in [1.82, 2.24) is 4.90 Å². The molecule has 1 aliphatic rings. The van der Waals surface area contributed by atoms with Gasteiger partial charge in [0.15, 0.2) is 9.84 Å². The Balaban J connectivity index is 2.07. The van der Waals surface area contributed by atoms with E-state index in [1.165, 1.54) is 4.90 Å². The van der Waals surface area contributed by atoms with Crippen molar-refractivity contribution in [2.24, 2.45) is 0 Å². The summed E-state index contributed by atoms with van der Waals surface area (Å²) in [5.41, 5.74) is 1.56. The van der Waals surface area contributed by atoms with Gasteiger partial charge in [-0.1, -0.05) is 12.1 Å². The second kappa shape index (κ2) is 5.93. The number of rotatable bonds is 4. The van der Waals surface area contributed by atoms with Crippen LogP contribution in [0, 0.1) is 0 Å². The molecular weight excluding hydrogens is 278 g/mol. The van der Waals surface area contributed by atoms with Crippen molar-refractivity contribution in [3.8, 4) is 0 Å². The summed E-state index contributed by atoms with van der Waals surface area (Å²) in [4.78, 5) is 13.8. The number of benzene rings is 1. The van der Waals surface area contributed by atoms with Crippen molar-refractivity contribution in [2.45, 2.75) is 19.1 Å². The molecule has 0 N–H and O–H groups in total. The molecule has 0 saturated carbocycles. The van der Waals surface area contributed by atoms with Gasteiger partial charge in [-0.2, -0.15) is 0 Å². The Kier molecular flexibility index (Phi) is 4.45. The molecule has 1 heterocycles. The van der Waals surface area contributed by atoms with Crippen molar-refractivity contribution >= 4 is 15.7 Å². The van der Waals surface area contributed by atoms with Crippen molar-refractivity contribution in [3.05, 3.63) is 35.4 Å². The van der Waals surface area contributed by atoms with E-state index in [-0.39, 0.29) is 23.5 Å². The number of nitrogens with zero attached hydrogens (tertiary/aromatic N) is 1. The number of sulfone groups is 1. The lowest BCUT2D eigenvalue weighted by Crippen LogP contribution is -2.37. The number of hydrogen-bond acceptors (Lipinski definition) is 4. The Morgan fingerprint density at radius 1 is 1.35 bits per heavy atom. The predicted octanol–water partition coefficient (Wildman–Crippen LogP) is 1.09. The quantitative estimate of drug-likeness (QED) is 0.834. The van der Waals surface area contributed by atoms with Crippen LogP contribution < -0.4 is 0 Å². The molecule has 5 nitrogen and oxygen atoms in total. The summed E-state index contributed by atoms with van der Waals surface area (Å²) in [7, 11) is 0.301. The van der Waals surface area contributed by atoms with E-state index in [1.54, 1.807) is 26.3 Å². The topological polar surface area (TPSA) is 63.7 Å². The van der Waals surface area contributed by atoms with E-state index in [1.807, 2.05) is 12.1 Å². The third-order valence-corrected chi connectivity index (χ3v) is 5.34. The summed E-state index contributed by atoms with van der Waals surface area (Å²) >= 11 is 0. The van der Waals surface area contributed by atoms with E-state index in [9.17, 15) is 13.2 Å². The summed E-state index contributed by atoms with van der Waals surface area (Å²) in [6.45, 7) is 0.505. The fourth-order valence-electron chi connectivity index (χ4n) is 2.36. The number of ether oxygens (including phenoxy) is 1. The Bertz CT molecular complexity index is 580. The maximum absolute atomic E-state index is 12.3. The second-order valence-electron chi connectivity index (χ2n) is 5.10. The Labute approximate surface area is 119 Å². The molecule has 0 aromatic heterocycles. The first-order valence-corrected chi connectivity index (χ1v) is 8.30. The van der Waals surface area contributed by atoms with Crippen LogP contribution in [0.3, 0.4) is 0 Å². The average Bonchev–Trinajstić information content (AvgIpc) is 2.79. The van der Waals surface area contributed by atoms with Gasteiger partial charge in [0.1, 0.15) is 0 Å². The molecule has 0 spiro atoms. The molecule has 1 unspecified atom stereocenters. The van der Waals surface area contributed by atoms with Crippen LogP contribution in [0.25, 0.3) is 0 Å². The highest BCUT2D eigenvalue weighted by molar-refractivity contribution is 7.91. The SMILES string of the molecule is COCc1ccc(C(=O)N(C)C2CCS(=O)(=O)C2)cc1. The Morgan fingerprint density at radius 2 is 2.00 bits per heavy atom. The normalized spacial score (nSPS) is 20.8. The van der Waals surface area contributed by atoms with Crippen LogP contribution in [0.5, 0.6) is 0 Å². The highest BCUT2D eigenvalue weighted by Crippen LogP contribution is 2.18. The van der Waals surface area contributed by atoms with Crippen LogP contribution in [-0.4, -0.2) is 50.9 Å². The van der Waals surface area contributed by atoms with E-state index < -0.39 is 9.84 Å². The van der Waals surface area contributed by atoms with Crippen molar-refractivity contribution in [2.75, 3.05) is 25.7 Å². The summed E-state index contributed by atoms with van der Waals surface area (Å²) in [6.07, 6.45) is 0.520. The molecule has 0 bridgehead atoms. The summed E-state index contributed by atoms with van der Waals surface area (Å²) in [5.74, 6) is 0.0926. The molecule has 2 rings (SSSR count). The fourth-order valence-corrected chi connectivity index (χ4v) is 4.13. The molecule has 1 aromatic rings. The Morgan fingerprint density at radius 3 is 2.50 bits per heavy atom. The van der Waals surface area contributed by atoms with Crippen LogP contribution in [0.2, 0.25) is 0 Å². The summed E-state index contributed by atoms with van der Waals surface area (Å²) in [5, 5.41) is 0. The maximum atomic E-state index is 12.3. The molecule has 6 heteroatoms. The monoisotopic (exact) mass is 297 g/mol. The molecule has 1 aromatic carbocycles. The molecule has 1 amide bonds. The van der Waals surface area contributed by atoms with E-state index in [0.29, 0.717) is 18.6 Å². The van der Waals surface area contributed by atoms with E-state index >= 15 is 0 Å². The molecule has 20 heavy (non-hydrogen) atoms. The first-order chi connectivity index (χ1) is 9.43. The minimum Gasteiger partial charge on any atom is -0.380 e. The molecule has 1 aliphatic heterocycles. The first-order valence-electron chi connectivity index (χ1n) is 6.48. The smallest absolute Gasteiger partial charge is 0.253 e. The Hall–Kier alpha value is -1.40. The van der Waals surface area contributed by atoms with Gasteiger partial charge in [-0.3, -0.25) is 4.79 Å². The number of carbonyl (C=O) groups excluding carboxylic acids is 1. The van der Waals surface area contributed by atoms with Gasteiger partial charge in [-0.15, -0.1) is 0 Å². The van der Waals surface area contributed by atoms with Crippen molar-refractivity contribution in [1.29, 1.82) is 0 Å². The lowest BCUT2D eigenvalue weighted by molar-refractivity contribution is 0.0747. The molecule has 1 atom stereocenters. The van der Waals surface area contributed by atoms with Crippen molar-refractivity contribution in [3.63, 3.8) is 0 Å². The number of carbonyl (C=O) groups is 1. The third kappa shape index (κ3) is 3.37. The van der Waals surface area contributed by atoms with Crippen LogP contribution in [0.15, 0.2) is 24.3 Å². The minimum absolute atomic E-state index is 0.0665. The summed E-state index contributed by atoms with van der Waals surface area (Å²) in [6, 6.07) is 6.96. The zero-order chi connectivity index (χ0) is 14.8. The van der Waals surface area contributed by atoms with Gasteiger partial charge in [0.25, 0.3) is 5.91 Å². The standard InChI is InChI=1S/C14H19NO4S/c1-15(13-7-8-20(17,18)10-13)14(16)12-5-3-11(4-6-12)9-19-2/h3-6,13H,7-10H2,1-2H3. The zero-order valence-electron chi connectivity index (χ0n) is 11.7. The van der Waals surface area contributed by atoms with Gasteiger partial charge in [-0.25, -0.2) is 8.42 Å². The largest absolute Gasteiger partial charge is 0.380 e. The van der Waals surface area contributed by atoms with Crippen LogP contribution in [-0.2, 0) is 21.2 Å². The molecule has 0 radical (unpaired) electrons. The molecular formula is C14H19NO4S. The predicted molar refractivity (Wildman–Crippen MR) is 76.3 cm³/mol. The third-order valence-electron chi connectivity index (χ3n) is 3.59. The lowest BCUT2D eigenvalue weighted by atomic mass is 10.1. The van der Waals surface area contributed by atoms with Gasteiger partial charge in [-0.05, 0) is 24.1 Å². The molecule has 1 saturated heterocycles. The molecule has 0 aliphatic carbocycles. The minimum atomic E-state index is -2.98. The first kappa shape index (κ1) is 15.0. The number of amides is 1. The second-order valence-corrected chi connectivity index (χ2v) is 7.33. The van der Waals surface area contributed by atoms with Gasteiger partial charge in [0.05, 0.1) is 18.1 Å². The van der Waals surface area contributed by atoms with Crippen LogP contribution in [0.4, 0.5) is 0 Å². The van der Waals surface area contributed by atoms with Crippen LogP contribution >= 0.6 is 0 Å². The molecule has 110 valence electrons. The number of methoxy groups -OCH3 is 1. The highest BCUT2D eigenvalue weighted by Gasteiger charge is 2.32. The fraction of sp³-hybridized carbons (Fsp3) is 0.500. The lowest BCUT2D eigenvalue weighted by Gasteiger charge is -2.23. The van der Waals surface area contributed by atoms with E-state index in [2.05, 4.69) is 0 Å². The molecule has 1 fully saturated rings.